The fourth-order valence-corrected chi connectivity index (χ4v) is 2.51. The fourth-order valence-electron chi connectivity index (χ4n) is 2.01. The SMILES string of the molecule is C.CC.CC.CC.CC.CC.CC.O=S(=O)([O-])c1ccccc1.c1ccc(Cc2ccccc2)cc1. The van der Waals surface area contributed by atoms with Gasteiger partial charge in [0.25, 0.3) is 0 Å². The van der Waals surface area contributed by atoms with E-state index in [0.717, 1.165) is 6.42 Å². The van der Waals surface area contributed by atoms with E-state index in [4.69, 9.17) is 0 Å². The topological polar surface area (TPSA) is 57.2 Å². The minimum absolute atomic E-state index is 0. The van der Waals surface area contributed by atoms with Gasteiger partial charge in [-0.25, -0.2) is 8.42 Å². The normalized spacial score (nSPS) is 7.69. The molecule has 0 aromatic heterocycles. The van der Waals surface area contributed by atoms with Crippen molar-refractivity contribution in [1.82, 2.24) is 0 Å². The van der Waals surface area contributed by atoms with Gasteiger partial charge in [0.1, 0.15) is 10.1 Å². The second-order valence-corrected chi connectivity index (χ2v) is 6.29. The third-order valence-electron chi connectivity index (χ3n) is 3.13. The molecule has 36 heavy (non-hydrogen) atoms. The molecule has 0 radical (unpaired) electrons. The average Bonchev–Trinajstić information content (AvgIpc) is 2.97. The van der Waals surface area contributed by atoms with E-state index in [2.05, 4.69) is 60.7 Å². The van der Waals surface area contributed by atoms with E-state index in [-0.39, 0.29) is 12.3 Å². The monoisotopic (exact) mass is 521 g/mol. The van der Waals surface area contributed by atoms with Crippen LogP contribution in [0.15, 0.2) is 95.9 Å². The van der Waals surface area contributed by atoms with E-state index >= 15 is 0 Å². The molecule has 3 aromatic rings. The van der Waals surface area contributed by atoms with Gasteiger partial charge in [-0.1, -0.05) is 169 Å². The van der Waals surface area contributed by atoms with E-state index in [9.17, 15) is 13.0 Å². The van der Waals surface area contributed by atoms with Gasteiger partial charge in [0, 0.05) is 0 Å². The molecule has 3 aromatic carbocycles. The highest BCUT2D eigenvalue weighted by Crippen LogP contribution is 2.08. The standard InChI is InChI=1S/C13H12.C6H6O3S.6C2H6.CH4/c1-3-7-12(8-4-1)11-13-9-5-2-6-10-13;7-10(8,9)6-4-2-1-3-5-6;6*1-2;/h1-10H,11H2;1-5H,(H,7,8,9);6*1-2H3;1H4/p-1. The van der Waals surface area contributed by atoms with Gasteiger partial charge in [0.15, 0.2) is 0 Å². The third-order valence-corrected chi connectivity index (χ3v) is 3.98. The maximum Gasteiger partial charge on any atom is 0.124 e. The Kier molecular flexibility index (Phi) is 51.8. The van der Waals surface area contributed by atoms with Crippen molar-refractivity contribution in [1.29, 1.82) is 0 Å². The van der Waals surface area contributed by atoms with Crippen LogP contribution < -0.4 is 0 Å². The van der Waals surface area contributed by atoms with Gasteiger partial charge in [0.05, 0.1) is 4.90 Å². The van der Waals surface area contributed by atoms with Crippen molar-refractivity contribution < 1.29 is 13.0 Å². The fraction of sp³-hybridized carbons (Fsp3) is 0.438. The van der Waals surface area contributed by atoms with Crippen molar-refractivity contribution in [3.8, 4) is 0 Å². The van der Waals surface area contributed by atoms with E-state index < -0.39 is 10.1 Å². The van der Waals surface area contributed by atoms with E-state index in [1.54, 1.807) is 6.07 Å². The zero-order valence-corrected chi connectivity index (χ0v) is 25.3. The van der Waals surface area contributed by atoms with E-state index in [1.165, 1.54) is 35.4 Å². The minimum atomic E-state index is -4.25. The molecule has 3 nitrogen and oxygen atoms in total. The van der Waals surface area contributed by atoms with Gasteiger partial charge in [-0.05, 0) is 29.7 Å². The van der Waals surface area contributed by atoms with Gasteiger partial charge < -0.3 is 4.55 Å². The number of benzene rings is 3. The van der Waals surface area contributed by atoms with Crippen molar-refractivity contribution in [2.24, 2.45) is 0 Å². The Morgan fingerprint density at radius 2 is 0.694 bits per heavy atom. The van der Waals surface area contributed by atoms with Crippen molar-refractivity contribution in [3.63, 3.8) is 0 Å². The van der Waals surface area contributed by atoms with Crippen LogP contribution in [0, 0.1) is 0 Å². The minimum Gasteiger partial charge on any atom is -0.744 e. The quantitative estimate of drug-likeness (QED) is 0.322. The summed E-state index contributed by atoms with van der Waals surface area (Å²) in [4.78, 5) is -0.185. The van der Waals surface area contributed by atoms with Crippen LogP contribution in [0.1, 0.15) is 102 Å². The molecule has 0 heterocycles. The van der Waals surface area contributed by atoms with Crippen LogP contribution in [0.4, 0.5) is 0 Å². The van der Waals surface area contributed by atoms with Crippen molar-refractivity contribution in [2.75, 3.05) is 0 Å². The lowest BCUT2D eigenvalue weighted by Crippen LogP contribution is -1.96. The molecule has 0 aliphatic heterocycles. The van der Waals surface area contributed by atoms with Crippen LogP contribution in [0.2, 0.25) is 0 Å². The first kappa shape index (κ1) is 46.9. The molecule has 0 aliphatic rings. The van der Waals surface area contributed by atoms with E-state index in [1.807, 2.05) is 83.1 Å². The molecule has 0 bridgehead atoms. The van der Waals surface area contributed by atoms with Gasteiger partial charge >= 0.3 is 0 Å². The number of rotatable bonds is 3. The highest BCUT2D eigenvalue weighted by atomic mass is 32.2. The van der Waals surface area contributed by atoms with Crippen LogP contribution >= 0.6 is 0 Å². The molecule has 0 N–H and O–H groups in total. The summed E-state index contributed by atoms with van der Waals surface area (Å²) in [5.41, 5.74) is 2.74. The summed E-state index contributed by atoms with van der Waals surface area (Å²) in [6.07, 6.45) is 1.03. The zero-order chi connectivity index (χ0) is 28.5. The highest BCUT2D eigenvalue weighted by Gasteiger charge is 1.96. The second kappa shape index (κ2) is 39.8. The van der Waals surface area contributed by atoms with E-state index in [0.29, 0.717) is 0 Å². The molecule has 0 atom stereocenters. The molecular formula is C32H57O3S-. The van der Waals surface area contributed by atoms with Crippen LogP contribution in [0.5, 0.6) is 0 Å². The van der Waals surface area contributed by atoms with Gasteiger partial charge in [-0.3, -0.25) is 0 Å². The lowest BCUT2D eigenvalue weighted by Gasteiger charge is -2.04. The predicted octanol–water partition coefficient (Wildman–Crippen LogP) is 10.7. The first-order valence-corrected chi connectivity index (χ1v) is 14.6. The van der Waals surface area contributed by atoms with Gasteiger partial charge in [-0.2, -0.15) is 0 Å². The Hall–Kier alpha value is -2.43. The molecule has 0 unspecified atom stereocenters. The molecule has 0 fully saturated rings. The highest BCUT2D eigenvalue weighted by molar-refractivity contribution is 7.85. The molecule has 4 heteroatoms. The lowest BCUT2D eigenvalue weighted by molar-refractivity contribution is 0.463. The Balaban J connectivity index is -0.0000000877. The Morgan fingerprint density at radius 3 is 0.889 bits per heavy atom. The summed E-state index contributed by atoms with van der Waals surface area (Å²) in [7, 11) is -4.25. The van der Waals surface area contributed by atoms with Crippen LogP contribution in [0.25, 0.3) is 0 Å². The molecular weight excluding hydrogens is 464 g/mol. The number of hydrogen-bond acceptors (Lipinski definition) is 3. The zero-order valence-electron chi connectivity index (χ0n) is 24.5. The van der Waals surface area contributed by atoms with Gasteiger partial charge in [-0.15, -0.1) is 0 Å². The Morgan fingerprint density at radius 1 is 0.472 bits per heavy atom. The molecule has 3 rings (SSSR count). The lowest BCUT2D eigenvalue weighted by atomic mass is 10.1. The first-order chi connectivity index (χ1) is 17.1. The molecule has 0 spiro atoms. The summed E-state index contributed by atoms with van der Waals surface area (Å²) in [6, 6.07) is 28.3. The smallest absolute Gasteiger partial charge is 0.124 e. The average molecular weight is 522 g/mol. The van der Waals surface area contributed by atoms with Crippen LogP contribution in [-0.2, 0) is 16.5 Å². The summed E-state index contributed by atoms with van der Waals surface area (Å²) < 4.78 is 30.8. The summed E-state index contributed by atoms with van der Waals surface area (Å²) >= 11 is 0. The van der Waals surface area contributed by atoms with Crippen molar-refractivity contribution in [2.45, 2.75) is 102 Å². The molecule has 0 amide bonds. The molecule has 0 saturated heterocycles. The molecule has 210 valence electrons. The molecule has 0 saturated carbocycles. The van der Waals surface area contributed by atoms with Gasteiger partial charge in [0.2, 0.25) is 0 Å². The van der Waals surface area contributed by atoms with Crippen molar-refractivity contribution in [3.05, 3.63) is 102 Å². The Bertz CT molecular complexity index is 764. The molecule has 0 aliphatic carbocycles. The summed E-state index contributed by atoms with van der Waals surface area (Å²) in [5, 5.41) is 0. The van der Waals surface area contributed by atoms with Crippen molar-refractivity contribution >= 4 is 10.1 Å². The predicted molar refractivity (Wildman–Crippen MR) is 165 cm³/mol. The summed E-state index contributed by atoms with van der Waals surface area (Å²) in [5.74, 6) is 0. The van der Waals surface area contributed by atoms with Crippen LogP contribution in [-0.4, -0.2) is 13.0 Å². The maximum absolute atomic E-state index is 10.3. The first-order valence-electron chi connectivity index (χ1n) is 13.1. The maximum atomic E-state index is 10.3. The number of hydrogen-bond donors (Lipinski definition) is 0. The van der Waals surface area contributed by atoms with Crippen LogP contribution in [0.3, 0.4) is 0 Å². The Labute approximate surface area is 226 Å². The summed E-state index contributed by atoms with van der Waals surface area (Å²) in [6.45, 7) is 24.0. The second-order valence-electron chi connectivity index (χ2n) is 4.92. The largest absolute Gasteiger partial charge is 0.744 e. The third kappa shape index (κ3) is 29.6.